The molecule has 3 nitrogen and oxygen atoms in total. The molecular weight excluding hydrogens is 485 g/mol. The zero-order chi connectivity index (χ0) is 26.4. The van der Waals surface area contributed by atoms with Crippen LogP contribution in [-0.2, 0) is 10.7 Å². The average molecular weight is 517 g/mol. The van der Waals surface area contributed by atoms with Gasteiger partial charge in [-0.2, -0.15) is 0 Å². The van der Waals surface area contributed by atoms with Crippen LogP contribution in [0.2, 0.25) is 0 Å². The Labute approximate surface area is 221 Å². The van der Waals surface area contributed by atoms with Crippen molar-refractivity contribution < 1.29 is 18.3 Å². The first-order valence-electron chi connectivity index (χ1n) is 12.4. The number of fused-ring (bicyclic) bond motifs is 1. The molecule has 2 N–H and O–H groups in total. The van der Waals surface area contributed by atoms with Gasteiger partial charge in [-0.3, -0.25) is 14.9 Å². The number of benzene rings is 3. The van der Waals surface area contributed by atoms with Gasteiger partial charge >= 0.3 is 0 Å². The predicted molar refractivity (Wildman–Crippen MR) is 152 cm³/mol. The number of halogens is 3. The van der Waals surface area contributed by atoms with Gasteiger partial charge in [0, 0.05) is 36.0 Å². The van der Waals surface area contributed by atoms with E-state index in [0.29, 0.717) is 11.3 Å². The predicted octanol–water partition coefficient (Wildman–Crippen LogP) is 8.76. The number of hydrogen-bond acceptors (Lipinski definition) is 3. The minimum absolute atomic E-state index is 0. The molecule has 0 aromatic heterocycles. The van der Waals surface area contributed by atoms with Crippen molar-refractivity contribution >= 4 is 33.5 Å². The molecule has 0 radical (unpaired) electrons. The maximum atomic E-state index is 13.6. The van der Waals surface area contributed by atoms with Gasteiger partial charge in [-0.15, -0.1) is 0 Å². The van der Waals surface area contributed by atoms with Gasteiger partial charge in [0.05, 0.1) is 0 Å². The van der Waals surface area contributed by atoms with Crippen molar-refractivity contribution in [2.75, 3.05) is 5.32 Å². The van der Waals surface area contributed by atoms with E-state index in [2.05, 4.69) is 36.5 Å². The summed E-state index contributed by atoms with van der Waals surface area (Å²) in [5, 5.41) is 13.8. The van der Waals surface area contributed by atoms with Gasteiger partial charge < -0.3 is 5.32 Å². The van der Waals surface area contributed by atoms with Crippen LogP contribution in [-0.4, -0.2) is 11.5 Å². The fourth-order valence-electron chi connectivity index (χ4n) is 4.38. The molecule has 0 unspecified atom stereocenters. The summed E-state index contributed by atoms with van der Waals surface area (Å²) >= 11 is 0. The van der Waals surface area contributed by atoms with E-state index >= 15 is 0 Å². The third-order valence-electron chi connectivity index (χ3n) is 6.52. The second-order valence-electron chi connectivity index (χ2n) is 9.18. The number of ketones is 1. The SMILES string of the molecule is CCC1=C/C=C(C(=N)C(=O)/C=C\Nc2cccc(C(C)(F)F)c2)\C=C(/c2cccc3ccccc23)CC1.F. The first-order chi connectivity index (χ1) is 17.8. The number of carbonyl (C=O) groups excluding carboxylic acids is 1. The molecule has 196 valence electrons. The Morgan fingerprint density at radius 3 is 2.53 bits per heavy atom. The summed E-state index contributed by atoms with van der Waals surface area (Å²) in [5.74, 6) is -3.43. The Kier molecular flexibility index (Phi) is 9.24. The highest BCUT2D eigenvalue weighted by molar-refractivity contribution is 6.49. The summed E-state index contributed by atoms with van der Waals surface area (Å²) in [4.78, 5) is 12.9. The van der Waals surface area contributed by atoms with Crippen molar-refractivity contribution in [3.8, 4) is 0 Å². The van der Waals surface area contributed by atoms with E-state index in [1.54, 1.807) is 6.07 Å². The minimum atomic E-state index is -2.96. The summed E-state index contributed by atoms with van der Waals surface area (Å²) in [6.07, 6.45) is 11.1. The van der Waals surface area contributed by atoms with Gasteiger partial charge in [-0.1, -0.05) is 79.2 Å². The fourth-order valence-corrected chi connectivity index (χ4v) is 4.38. The molecular formula is C32H31F3N2O. The Bertz CT molecular complexity index is 1450. The number of nitrogens with one attached hydrogen (secondary N) is 2. The maximum Gasteiger partial charge on any atom is 0.270 e. The number of hydrogen-bond donors (Lipinski definition) is 2. The summed E-state index contributed by atoms with van der Waals surface area (Å²) < 4.78 is 27.2. The van der Waals surface area contributed by atoms with Gasteiger partial charge in [-0.25, -0.2) is 8.78 Å². The first kappa shape index (κ1) is 28.4. The van der Waals surface area contributed by atoms with Crippen LogP contribution in [0.3, 0.4) is 0 Å². The van der Waals surface area contributed by atoms with Crippen molar-refractivity contribution in [1.82, 2.24) is 0 Å². The van der Waals surface area contributed by atoms with Gasteiger partial charge in [-0.05, 0) is 59.4 Å². The summed E-state index contributed by atoms with van der Waals surface area (Å²) in [6, 6.07) is 20.3. The molecule has 4 rings (SSSR count). The Morgan fingerprint density at radius 2 is 1.76 bits per heavy atom. The van der Waals surface area contributed by atoms with Crippen LogP contribution in [0.25, 0.3) is 16.3 Å². The maximum absolute atomic E-state index is 13.6. The third-order valence-corrected chi connectivity index (χ3v) is 6.52. The molecule has 0 bridgehead atoms. The van der Waals surface area contributed by atoms with Crippen LogP contribution >= 0.6 is 0 Å². The zero-order valence-corrected chi connectivity index (χ0v) is 21.4. The molecule has 3 aromatic rings. The van der Waals surface area contributed by atoms with Crippen LogP contribution in [0.1, 0.15) is 44.2 Å². The number of allylic oxidation sites excluding steroid dienone is 7. The van der Waals surface area contributed by atoms with Crippen molar-refractivity contribution in [3.63, 3.8) is 0 Å². The van der Waals surface area contributed by atoms with E-state index in [9.17, 15) is 13.6 Å². The third kappa shape index (κ3) is 6.76. The minimum Gasteiger partial charge on any atom is -0.362 e. The number of anilines is 1. The summed E-state index contributed by atoms with van der Waals surface area (Å²) in [5.41, 5.74) is 4.18. The molecule has 0 saturated heterocycles. The van der Waals surface area contributed by atoms with Crippen LogP contribution in [0.5, 0.6) is 0 Å². The highest BCUT2D eigenvalue weighted by Gasteiger charge is 2.24. The standard InChI is InChI=1S/C32H30F2N2O.FH/c1-3-22-14-16-24(29-13-6-9-23-8-4-5-12-28(23)29)20-25(17-15-22)31(35)30(37)18-19-36-27-11-7-10-26(21-27)32(2,33)34;/h4-13,15,17-21,35-36H,3,14,16H2,1-2H3;1H/b19-18-,22-15?,24-20-,25-17+,35-31?;. The highest BCUT2D eigenvalue weighted by atomic mass is 19.3. The normalized spacial score (nSPS) is 16.8. The van der Waals surface area contributed by atoms with Gasteiger partial charge in [0.1, 0.15) is 5.71 Å². The monoisotopic (exact) mass is 516 g/mol. The number of carbonyl (C=O) groups is 1. The van der Waals surface area contributed by atoms with Crippen molar-refractivity contribution in [1.29, 1.82) is 5.41 Å². The average Bonchev–Trinajstić information content (AvgIpc) is 2.88. The van der Waals surface area contributed by atoms with E-state index in [4.69, 9.17) is 5.41 Å². The van der Waals surface area contributed by atoms with E-state index in [1.165, 1.54) is 36.0 Å². The molecule has 1 aliphatic carbocycles. The Hall–Kier alpha value is -4.19. The van der Waals surface area contributed by atoms with E-state index in [1.807, 2.05) is 36.4 Å². The zero-order valence-electron chi connectivity index (χ0n) is 21.4. The topological polar surface area (TPSA) is 53.0 Å². The van der Waals surface area contributed by atoms with Crippen LogP contribution in [0, 0.1) is 5.41 Å². The lowest BCUT2D eigenvalue weighted by atomic mass is 9.89. The Morgan fingerprint density at radius 1 is 1.03 bits per heavy atom. The second-order valence-corrected chi connectivity index (χ2v) is 9.18. The van der Waals surface area contributed by atoms with Crippen molar-refractivity contribution in [2.24, 2.45) is 0 Å². The van der Waals surface area contributed by atoms with Crippen LogP contribution < -0.4 is 5.32 Å². The molecule has 0 spiro atoms. The quantitative estimate of drug-likeness (QED) is 0.232. The molecule has 1 aliphatic rings. The van der Waals surface area contributed by atoms with Gasteiger partial charge in [0.2, 0.25) is 5.78 Å². The van der Waals surface area contributed by atoms with Crippen LogP contribution in [0.15, 0.2) is 108 Å². The molecule has 0 saturated carbocycles. The Balaban J connectivity index is 0.00000400. The smallest absolute Gasteiger partial charge is 0.270 e. The summed E-state index contributed by atoms with van der Waals surface area (Å²) in [7, 11) is 0. The van der Waals surface area contributed by atoms with Gasteiger partial charge in [0.15, 0.2) is 0 Å². The van der Waals surface area contributed by atoms with Crippen LogP contribution in [0.4, 0.5) is 19.2 Å². The van der Waals surface area contributed by atoms with E-state index in [0.717, 1.165) is 48.1 Å². The van der Waals surface area contributed by atoms with E-state index < -0.39 is 11.7 Å². The number of rotatable bonds is 8. The number of alkyl halides is 2. The van der Waals surface area contributed by atoms with Crippen molar-refractivity contribution in [2.45, 2.75) is 39.0 Å². The molecule has 0 amide bonds. The van der Waals surface area contributed by atoms with Crippen molar-refractivity contribution in [3.05, 3.63) is 120 Å². The molecule has 0 aliphatic heterocycles. The van der Waals surface area contributed by atoms with E-state index in [-0.39, 0.29) is 16.0 Å². The lowest BCUT2D eigenvalue weighted by Gasteiger charge is -2.16. The first-order valence-corrected chi connectivity index (χ1v) is 12.4. The largest absolute Gasteiger partial charge is 0.362 e. The molecule has 6 heteroatoms. The lowest BCUT2D eigenvalue weighted by Crippen LogP contribution is -2.13. The second kappa shape index (κ2) is 12.4. The summed E-state index contributed by atoms with van der Waals surface area (Å²) in [6.45, 7) is 2.95. The molecule has 38 heavy (non-hydrogen) atoms. The lowest BCUT2D eigenvalue weighted by molar-refractivity contribution is -0.108. The molecule has 3 aromatic carbocycles. The fraction of sp³-hybridized carbons (Fsp3) is 0.188. The molecule has 0 heterocycles. The van der Waals surface area contributed by atoms with Gasteiger partial charge in [0.25, 0.3) is 5.92 Å². The molecule has 0 fully saturated rings. The highest BCUT2D eigenvalue weighted by Crippen LogP contribution is 2.32. The molecule has 0 atom stereocenters.